The van der Waals surface area contributed by atoms with E-state index in [-0.39, 0.29) is 6.61 Å². The number of nitrogens with one attached hydrogen (secondary N) is 1. The van der Waals surface area contributed by atoms with Crippen LogP contribution < -0.4 is 16.8 Å². The van der Waals surface area contributed by atoms with Crippen molar-refractivity contribution in [3.63, 3.8) is 0 Å². The number of fused-ring (bicyclic) bond motifs is 1. The van der Waals surface area contributed by atoms with Crippen molar-refractivity contribution >= 4 is 23.4 Å². The number of nitrogen functional groups attached to an aromatic ring is 1. The van der Waals surface area contributed by atoms with E-state index in [9.17, 15) is 4.79 Å². The molecule has 5 N–H and O–H groups in total. The fourth-order valence-corrected chi connectivity index (χ4v) is 1.39. The van der Waals surface area contributed by atoms with Crippen molar-refractivity contribution in [1.29, 1.82) is 0 Å². The predicted molar refractivity (Wildman–Crippen MR) is 61.4 cm³/mol. The van der Waals surface area contributed by atoms with Crippen molar-refractivity contribution in [3.8, 4) is 0 Å². The fourth-order valence-electron chi connectivity index (χ4n) is 1.39. The van der Waals surface area contributed by atoms with Gasteiger partial charge in [0.2, 0.25) is 0 Å². The zero-order valence-corrected chi connectivity index (χ0v) is 8.96. The molecule has 0 bridgehead atoms. The van der Waals surface area contributed by atoms with Crippen LogP contribution in [0.5, 0.6) is 0 Å². The van der Waals surface area contributed by atoms with Gasteiger partial charge < -0.3 is 25.9 Å². The smallest absolute Gasteiger partial charge is 0.404 e. The van der Waals surface area contributed by atoms with Crippen LogP contribution in [0.2, 0.25) is 0 Å². The van der Waals surface area contributed by atoms with Crippen molar-refractivity contribution < 1.29 is 9.53 Å². The summed E-state index contributed by atoms with van der Waals surface area (Å²) in [6.07, 6.45) is 4.26. The molecule has 0 aliphatic heterocycles. The molecule has 8 nitrogen and oxygen atoms in total. The van der Waals surface area contributed by atoms with Crippen LogP contribution in [0.3, 0.4) is 0 Å². The number of primary amides is 1. The van der Waals surface area contributed by atoms with Gasteiger partial charge in [0.05, 0.1) is 12.7 Å². The van der Waals surface area contributed by atoms with E-state index >= 15 is 0 Å². The molecule has 0 aromatic carbocycles. The van der Waals surface area contributed by atoms with Gasteiger partial charge in [0.15, 0.2) is 11.5 Å². The minimum atomic E-state index is -0.807. The molecule has 90 valence electrons. The number of hydrogen-bond donors (Lipinski definition) is 3. The molecule has 0 fully saturated rings. The molecule has 2 rings (SSSR count). The average Bonchev–Trinajstić information content (AvgIpc) is 2.71. The van der Waals surface area contributed by atoms with Crippen molar-refractivity contribution in [2.45, 2.75) is 0 Å². The lowest BCUT2D eigenvalue weighted by atomic mass is 10.5. The third-order valence-electron chi connectivity index (χ3n) is 2.03. The van der Waals surface area contributed by atoms with Crippen LogP contribution in [0, 0.1) is 0 Å². The molecule has 0 saturated carbocycles. The molecule has 17 heavy (non-hydrogen) atoms. The van der Waals surface area contributed by atoms with E-state index in [0.717, 1.165) is 0 Å². The number of hydrogen-bond acceptors (Lipinski definition) is 6. The number of anilines is 2. The van der Waals surface area contributed by atoms with E-state index in [0.29, 0.717) is 23.8 Å². The minimum Gasteiger partial charge on any atom is -0.448 e. The first-order valence-electron chi connectivity index (χ1n) is 4.92. The maximum absolute atomic E-state index is 10.4. The highest BCUT2D eigenvalue weighted by molar-refractivity contribution is 5.65. The molecule has 2 heterocycles. The molecule has 2 aromatic heterocycles. The third-order valence-corrected chi connectivity index (χ3v) is 2.03. The van der Waals surface area contributed by atoms with E-state index in [1.165, 1.54) is 0 Å². The normalized spacial score (nSPS) is 10.4. The second-order valence-electron chi connectivity index (χ2n) is 3.27. The van der Waals surface area contributed by atoms with Crippen molar-refractivity contribution in [2.75, 3.05) is 24.2 Å². The number of carbonyl (C=O) groups is 1. The quantitative estimate of drug-likeness (QED) is 0.633. The number of ether oxygens (including phenoxy) is 1. The molecular formula is C9H12N6O2. The maximum Gasteiger partial charge on any atom is 0.404 e. The Bertz CT molecular complexity index is 537. The lowest BCUT2D eigenvalue weighted by Crippen LogP contribution is -2.19. The molecule has 0 aliphatic rings. The summed E-state index contributed by atoms with van der Waals surface area (Å²) >= 11 is 0. The lowest BCUT2D eigenvalue weighted by molar-refractivity contribution is 0.161. The Morgan fingerprint density at radius 1 is 1.59 bits per heavy atom. The predicted octanol–water partition coefficient (Wildman–Crippen LogP) is -0.181. The molecule has 0 atom stereocenters. The zero-order valence-electron chi connectivity index (χ0n) is 8.96. The summed E-state index contributed by atoms with van der Waals surface area (Å²) in [5.41, 5.74) is 11.1. The van der Waals surface area contributed by atoms with E-state index < -0.39 is 6.09 Å². The number of aromatic nitrogens is 3. The molecule has 0 spiro atoms. The van der Waals surface area contributed by atoms with E-state index in [1.54, 1.807) is 23.0 Å². The Labute approximate surface area is 96.6 Å². The van der Waals surface area contributed by atoms with Crippen LogP contribution in [0.1, 0.15) is 0 Å². The van der Waals surface area contributed by atoms with E-state index in [2.05, 4.69) is 20.0 Å². The van der Waals surface area contributed by atoms with Gasteiger partial charge >= 0.3 is 6.09 Å². The van der Waals surface area contributed by atoms with Crippen LogP contribution in [-0.4, -0.2) is 33.6 Å². The van der Waals surface area contributed by atoms with Crippen molar-refractivity contribution in [3.05, 3.63) is 18.6 Å². The van der Waals surface area contributed by atoms with Crippen LogP contribution in [0.4, 0.5) is 16.4 Å². The van der Waals surface area contributed by atoms with Crippen LogP contribution >= 0.6 is 0 Å². The molecule has 8 heteroatoms. The number of nitrogens with two attached hydrogens (primary N) is 2. The van der Waals surface area contributed by atoms with Gasteiger partial charge in [-0.05, 0) is 0 Å². The summed E-state index contributed by atoms with van der Waals surface area (Å²) in [4.78, 5) is 18.6. The van der Waals surface area contributed by atoms with Gasteiger partial charge in [-0.15, -0.1) is 0 Å². The lowest BCUT2D eigenvalue weighted by Gasteiger charge is -2.07. The van der Waals surface area contributed by atoms with Gasteiger partial charge in [-0.2, -0.15) is 0 Å². The molecule has 0 aliphatic carbocycles. The average molecular weight is 236 g/mol. The summed E-state index contributed by atoms with van der Waals surface area (Å²) in [6, 6.07) is 0. The molecule has 0 radical (unpaired) electrons. The highest BCUT2D eigenvalue weighted by atomic mass is 16.5. The Morgan fingerprint density at radius 2 is 2.41 bits per heavy atom. The number of rotatable bonds is 4. The summed E-state index contributed by atoms with van der Waals surface area (Å²) < 4.78 is 6.33. The first kappa shape index (κ1) is 11.0. The molecule has 0 unspecified atom stereocenters. The summed E-state index contributed by atoms with van der Waals surface area (Å²) in [6.45, 7) is 0.528. The number of carbonyl (C=O) groups excluding carboxylic acids is 1. The zero-order chi connectivity index (χ0) is 12.3. The van der Waals surface area contributed by atoms with Gasteiger partial charge in [0.1, 0.15) is 12.4 Å². The Morgan fingerprint density at radius 3 is 3.18 bits per heavy atom. The maximum atomic E-state index is 10.4. The monoisotopic (exact) mass is 236 g/mol. The van der Waals surface area contributed by atoms with Gasteiger partial charge in [-0.1, -0.05) is 0 Å². The second kappa shape index (κ2) is 4.56. The van der Waals surface area contributed by atoms with Crippen molar-refractivity contribution in [2.24, 2.45) is 5.73 Å². The Hall–Kier alpha value is -2.51. The third kappa shape index (κ3) is 2.54. The second-order valence-corrected chi connectivity index (χ2v) is 3.27. The van der Waals surface area contributed by atoms with Crippen LogP contribution in [0.25, 0.3) is 5.65 Å². The SMILES string of the molecule is NC(=O)OCCNc1nc(N)cn2ccnc12. The first-order valence-corrected chi connectivity index (χ1v) is 4.92. The van der Waals surface area contributed by atoms with E-state index in [1.807, 2.05) is 0 Å². The molecule has 0 saturated heterocycles. The summed E-state index contributed by atoms with van der Waals surface area (Å²) in [5, 5.41) is 2.96. The largest absolute Gasteiger partial charge is 0.448 e. The summed E-state index contributed by atoms with van der Waals surface area (Å²) in [7, 11) is 0. The Kier molecular flexibility index (Phi) is 2.95. The number of imidazole rings is 1. The topological polar surface area (TPSA) is 121 Å². The summed E-state index contributed by atoms with van der Waals surface area (Å²) in [5.74, 6) is 0.900. The fraction of sp³-hybridized carbons (Fsp3) is 0.222. The minimum absolute atomic E-state index is 0.151. The van der Waals surface area contributed by atoms with Gasteiger partial charge in [0, 0.05) is 12.4 Å². The van der Waals surface area contributed by atoms with E-state index in [4.69, 9.17) is 11.5 Å². The van der Waals surface area contributed by atoms with Gasteiger partial charge in [0.25, 0.3) is 0 Å². The molecule has 2 aromatic rings. The van der Waals surface area contributed by atoms with Gasteiger partial charge in [-0.3, -0.25) is 0 Å². The van der Waals surface area contributed by atoms with Crippen LogP contribution in [0.15, 0.2) is 18.6 Å². The first-order chi connectivity index (χ1) is 8.16. The molecule has 1 amide bonds. The number of amides is 1. The standard InChI is InChI=1S/C9H12N6O2/c10-6-5-15-3-1-13-8(15)7(14-6)12-2-4-17-9(11)16/h1,3,5H,2,4,10H2,(H2,11,16)(H,12,14). The molecular weight excluding hydrogens is 224 g/mol. The van der Waals surface area contributed by atoms with Crippen molar-refractivity contribution in [1.82, 2.24) is 14.4 Å². The highest BCUT2D eigenvalue weighted by Crippen LogP contribution is 2.13. The van der Waals surface area contributed by atoms with Crippen LogP contribution in [-0.2, 0) is 4.74 Å². The van der Waals surface area contributed by atoms with Gasteiger partial charge in [-0.25, -0.2) is 14.8 Å². The number of nitrogens with zero attached hydrogens (tertiary/aromatic N) is 3. The Balaban J connectivity index is 2.07. The highest BCUT2D eigenvalue weighted by Gasteiger charge is 2.05.